The third kappa shape index (κ3) is 4.78. The molecule has 216 valence electrons. The second-order valence-corrected chi connectivity index (χ2v) is 13.8. The van der Waals surface area contributed by atoms with Crippen LogP contribution in [-0.2, 0) is 14.6 Å². The van der Waals surface area contributed by atoms with Crippen LogP contribution < -0.4 is 5.32 Å². The lowest BCUT2D eigenvalue weighted by Gasteiger charge is -2.34. The zero-order valence-corrected chi connectivity index (χ0v) is 24.0. The number of sulfone groups is 1. The van der Waals surface area contributed by atoms with Crippen molar-refractivity contribution in [1.82, 2.24) is 20.1 Å². The molecular formula is C32H31FN4O4S. The number of nitrogens with one attached hydrogen (secondary N) is 2. The summed E-state index contributed by atoms with van der Waals surface area (Å²) >= 11 is 0. The second kappa shape index (κ2) is 10.4. The van der Waals surface area contributed by atoms with Gasteiger partial charge in [0.05, 0.1) is 22.5 Å². The number of fused-ring (bicyclic) bond motifs is 2. The molecule has 1 saturated carbocycles. The normalized spacial score (nSPS) is 19.7. The minimum atomic E-state index is -3.08. The van der Waals surface area contributed by atoms with E-state index in [0.29, 0.717) is 31.6 Å². The van der Waals surface area contributed by atoms with Crippen molar-refractivity contribution in [2.24, 2.45) is 0 Å². The van der Waals surface area contributed by atoms with Gasteiger partial charge in [0.15, 0.2) is 0 Å². The largest absolute Gasteiger partial charge is 0.381 e. The SMILES string of the molecule is CS(=O)(=O)C1CC(NC(=O)c2ccc(-c3c(C4CCOCC4)n(-c4ccc(F)cc4)c4cc5cn[nH]c5cc34)cc2)C1. The quantitative estimate of drug-likeness (QED) is 0.273. The summed E-state index contributed by atoms with van der Waals surface area (Å²) in [7, 11) is -3.08. The summed E-state index contributed by atoms with van der Waals surface area (Å²) in [5.41, 5.74) is 6.49. The van der Waals surface area contributed by atoms with E-state index in [2.05, 4.69) is 32.2 Å². The van der Waals surface area contributed by atoms with Crippen LogP contribution in [0, 0.1) is 5.82 Å². The zero-order chi connectivity index (χ0) is 29.0. The standard InChI is InChI=1S/C32H31FN4O4S/c1-42(39,40)26-15-24(16-26)35-32(38)21-4-2-19(3-5-21)30-27-17-28-22(18-34-36-28)14-29(27)37(25-8-6-23(33)7-9-25)31(30)20-10-12-41-13-11-20/h2-9,14,17-18,20,24,26H,10-13,15-16H2,1H3,(H,34,36)(H,35,38). The van der Waals surface area contributed by atoms with E-state index < -0.39 is 9.84 Å². The fourth-order valence-electron chi connectivity index (χ4n) is 6.36. The third-order valence-electron chi connectivity index (χ3n) is 8.73. The first-order valence-electron chi connectivity index (χ1n) is 14.2. The molecule has 2 aromatic heterocycles. The maximum absolute atomic E-state index is 14.0. The Balaban J connectivity index is 1.32. The molecule has 7 rings (SSSR count). The van der Waals surface area contributed by atoms with Crippen LogP contribution in [0.5, 0.6) is 0 Å². The Bertz CT molecular complexity index is 1900. The highest BCUT2D eigenvalue weighted by Crippen LogP contribution is 2.44. The van der Waals surface area contributed by atoms with E-state index in [1.165, 1.54) is 18.4 Å². The maximum Gasteiger partial charge on any atom is 0.251 e. The first-order valence-corrected chi connectivity index (χ1v) is 16.2. The average molecular weight is 587 g/mol. The highest BCUT2D eigenvalue weighted by molar-refractivity contribution is 7.91. The smallest absolute Gasteiger partial charge is 0.251 e. The molecule has 3 heterocycles. The fourth-order valence-corrected chi connectivity index (χ4v) is 7.53. The Kier molecular flexibility index (Phi) is 6.62. The molecule has 2 fully saturated rings. The molecule has 1 aliphatic heterocycles. The van der Waals surface area contributed by atoms with Gasteiger partial charge in [0.25, 0.3) is 5.91 Å². The number of H-pyrrole nitrogens is 1. The van der Waals surface area contributed by atoms with Crippen LogP contribution in [0.1, 0.15) is 47.7 Å². The number of ether oxygens (including phenoxy) is 1. The average Bonchev–Trinajstić information content (AvgIpc) is 3.55. The van der Waals surface area contributed by atoms with Crippen molar-refractivity contribution in [3.05, 3.63) is 83.9 Å². The molecule has 8 nitrogen and oxygen atoms in total. The molecule has 1 saturated heterocycles. The van der Waals surface area contributed by atoms with Crippen molar-refractivity contribution in [1.29, 1.82) is 0 Å². The van der Waals surface area contributed by atoms with Crippen molar-refractivity contribution < 1.29 is 22.3 Å². The number of carbonyl (C=O) groups excluding carboxylic acids is 1. The number of hydrogen-bond donors (Lipinski definition) is 2. The molecule has 1 aliphatic carbocycles. The topological polar surface area (TPSA) is 106 Å². The molecule has 0 radical (unpaired) electrons. The van der Waals surface area contributed by atoms with Crippen molar-refractivity contribution in [2.45, 2.75) is 42.9 Å². The lowest BCUT2D eigenvalue weighted by Crippen LogP contribution is -2.49. The number of rotatable bonds is 6. The molecule has 1 amide bonds. The van der Waals surface area contributed by atoms with Crippen LogP contribution in [0.4, 0.5) is 4.39 Å². The van der Waals surface area contributed by atoms with Gasteiger partial charge in [-0.25, -0.2) is 12.8 Å². The van der Waals surface area contributed by atoms with Crippen LogP contribution in [0.3, 0.4) is 0 Å². The predicted molar refractivity (Wildman–Crippen MR) is 160 cm³/mol. The number of hydrogen-bond acceptors (Lipinski definition) is 5. The van der Waals surface area contributed by atoms with Crippen LogP contribution >= 0.6 is 0 Å². The van der Waals surface area contributed by atoms with Gasteiger partial charge in [0.1, 0.15) is 15.7 Å². The van der Waals surface area contributed by atoms with Crippen molar-refractivity contribution >= 4 is 37.6 Å². The fraction of sp³-hybridized carbons (Fsp3) is 0.312. The zero-order valence-electron chi connectivity index (χ0n) is 23.1. The van der Waals surface area contributed by atoms with Gasteiger partial charge < -0.3 is 14.6 Å². The summed E-state index contributed by atoms with van der Waals surface area (Å²) in [6.07, 6.45) is 5.66. The highest BCUT2D eigenvalue weighted by atomic mass is 32.2. The van der Waals surface area contributed by atoms with Gasteiger partial charge >= 0.3 is 0 Å². The number of nitrogens with zero attached hydrogens (tertiary/aromatic N) is 2. The maximum atomic E-state index is 14.0. The predicted octanol–water partition coefficient (Wildman–Crippen LogP) is 5.51. The van der Waals surface area contributed by atoms with E-state index in [-0.39, 0.29) is 28.9 Å². The van der Waals surface area contributed by atoms with Gasteiger partial charge in [0, 0.05) is 64.7 Å². The van der Waals surface area contributed by atoms with Gasteiger partial charge in [0.2, 0.25) is 0 Å². The molecule has 2 N–H and O–H groups in total. The number of halogens is 1. The van der Waals surface area contributed by atoms with Gasteiger partial charge in [-0.05, 0) is 79.8 Å². The minimum Gasteiger partial charge on any atom is -0.381 e. The van der Waals surface area contributed by atoms with Crippen molar-refractivity contribution in [2.75, 3.05) is 19.5 Å². The van der Waals surface area contributed by atoms with E-state index in [9.17, 15) is 17.6 Å². The lowest BCUT2D eigenvalue weighted by molar-refractivity contribution is 0.0843. The van der Waals surface area contributed by atoms with Crippen LogP contribution in [0.15, 0.2) is 66.9 Å². The summed E-state index contributed by atoms with van der Waals surface area (Å²) in [5, 5.41) is 11.9. The van der Waals surface area contributed by atoms with Gasteiger partial charge in [-0.15, -0.1) is 0 Å². The number of benzene rings is 3. The summed E-state index contributed by atoms with van der Waals surface area (Å²) in [5.74, 6) is -0.286. The number of carbonyl (C=O) groups is 1. The first-order chi connectivity index (χ1) is 20.3. The Morgan fingerprint density at radius 2 is 1.76 bits per heavy atom. The number of aromatic nitrogens is 3. The number of aromatic amines is 1. The first kappa shape index (κ1) is 26.9. The van der Waals surface area contributed by atoms with Gasteiger partial charge in [-0.1, -0.05) is 12.1 Å². The Morgan fingerprint density at radius 3 is 2.45 bits per heavy atom. The molecule has 0 unspecified atom stereocenters. The summed E-state index contributed by atoms with van der Waals surface area (Å²) in [6.45, 7) is 1.33. The minimum absolute atomic E-state index is 0.137. The molecule has 3 aromatic carbocycles. The van der Waals surface area contributed by atoms with E-state index >= 15 is 0 Å². The third-order valence-corrected chi connectivity index (χ3v) is 10.3. The Labute approximate surface area is 242 Å². The molecule has 10 heteroatoms. The molecule has 0 spiro atoms. The summed E-state index contributed by atoms with van der Waals surface area (Å²) < 4.78 is 45.4. The Hall–Kier alpha value is -4.02. The van der Waals surface area contributed by atoms with Crippen molar-refractivity contribution in [3.8, 4) is 16.8 Å². The van der Waals surface area contributed by atoms with Gasteiger partial charge in [-0.3, -0.25) is 9.89 Å². The van der Waals surface area contributed by atoms with E-state index in [1.807, 2.05) is 36.4 Å². The summed E-state index contributed by atoms with van der Waals surface area (Å²) in [4.78, 5) is 13.0. The molecule has 5 aromatic rings. The van der Waals surface area contributed by atoms with E-state index in [1.54, 1.807) is 6.20 Å². The molecule has 0 bridgehead atoms. The molecular weight excluding hydrogens is 555 g/mol. The van der Waals surface area contributed by atoms with E-state index in [0.717, 1.165) is 57.2 Å². The monoisotopic (exact) mass is 586 g/mol. The van der Waals surface area contributed by atoms with Gasteiger partial charge in [-0.2, -0.15) is 5.10 Å². The molecule has 42 heavy (non-hydrogen) atoms. The van der Waals surface area contributed by atoms with Crippen LogP contribution in [0.2, 0.25) is 0 Å². The van der Waals surface area contributed by atoms with Crippen LogP contribution in [0.25, 0.3) is 38.6 Å². The Morgan fingerprint density at radius 1 is 1.05 bits per heavy atom. The highest BCUT2D eigenvalue weighted by Gasteiger charge is 2.37. The van der Waals surface area contributed by atoms with Crippen molar-refractivity contribution in [3.63, 3.8) is 0 Å². The molecule has 2 aliphatic rings. The molecule has 0 atom stereocenters. The lowest BCUT2D eigenvalue weighted by atomic mass is 9.89. The second-order valence-electron chi connectivity index (χ2n) is 11.5. The van der Waals surface area contributed by atoms with E-state index in [4.69, 9.17) is 4.74 Å². The van der Waals surface area contributed by atoms with Crippen LogP contribution in [-0.4, -0.2) is 59.9 Å². The summed E-state index contributed by atoms with van der Waals surface area (Å²) in [6, 6.07) is 18.3. The number of amides is 1.